The van der Waals surface area contributed by atoms with E-state index in [9.17, 15) is 9.59 Å². The summed E-state index contributed by atoms with van der Waals surface area (Å²) in [5.74, 6) is 0.0610. The third-order valence-electron chi connectivity index (χ3n) is 5.82. The number of amides is 2. The van der Waals surface area contributed by atoms with Gasteiger partial charge in [-0.1, -0.05) is 57.5 Å². The van der Waals surface area contributed by atoms with E-state index in [1.165, 1.54) is 4.90 Å². The number of methoxy groups -OCH3 is 1. The Hall–Kier alpha value is -3.45. The molecule has 1 aromatic heterocycles. The summed E-state index contributed by atoms with van der Waals surface area (Å²) >= 11 is 0. The molecule has 1 N–H and O–H groups in total. The molecule has 186 valence electrons. The normalized spacial score (nSPS) is 11.4. The lowest BCUT2D eigenvalue weighted by molar-refractivity contribution is -0.117. The molecule has 0 atom stereocenters. The minimum absolute atomic E-state index is 0.0956. The van der Waals surface area contributed by atoms with Gasteiger partial charge in [-0.15, -0.1) is 0 Å². The van der Waals surface area contributed by atoms with Crippen LogP contribution in [0.2, 0.25) is 0 Å². The Balaban J connectivity index is 1.83. The zero-order valence-electron chi connectivity index (χ0n) is 21.6. The second-order valence-electron chi connectivity index (χ2n) is 9.73. The summed E-state index contributed by atoms with van der Waals surface area (Å²) in [6.07, 6.45) is 0.898. The van der Waals surface area contributed by atoms with Crippen LogP contribution in [0.3, 0.4) is 0 Å². The summed E-state index contributed by atoms with van der Waals surface area (Å²) in [6, 6.07) is 17.3. The predicted octanol–water partition coefficient (Wildman–Crippen LogP) is 4.77. The number of nitrogens with zero attached hydrogens (tertiary/aromatic N) is 3. The van der Waals surface area contributed by atoms with Crippen LogP contribution in [-0.4, -0.2) is 53.3 Å². The van der Waals surface area contributed by atoms with E-state index in [4.69, 9.17) is 9.84 Å². The minimum atomic E-state index is -0.298. The van der Waals surface area contributed by atoms with E-state index in [2.05, 4.69) is 33.0 Å². The molecular formula is C28H36N4O3. The molecule has 7 heteroatoms. The van der Waals surface area contributed by atoms with Gasteiger partial charge in [0, 0.05) is 30.7 Å². The summed E-state index contributed by atoms with van der Waals surface area (Å²) in [5, 5.41) is 7.74. The van der Waals surface area contributed by atoms with Gasteiger partial charge in [-0.3, -0.25) is 9.59 Å². The summed E-state index contributed by atoms with van der Waals surface area (Å²) in [7, 11) is 1.58. The second-order valence-corrected chi connectivity index (χ2v) is 9.73. The fourth-order valence-electron chi connectivity index (χ4n) is 3.59. The van der Waals surface area contributed by atoms with Crippen LogP contribution in [0.1, 0.15) is 54.9 Å². The monoisotopic (exact) mass is 476 g/mol. The van der Waals surface area contributed by atoms with Crippen LogP contribution in [0.15, 0.2) is 54.6 Å². The van der Waals surface area contributed by atoms with Crippen LogP contribution < -0.4 is 5.32 Å². The number of hydrogen-bond donors (Lipinski definition) is 1. The first-order valence-corrected chi connectivity index (χ1v) is 12.0. The van der Waals surface area contributed by atoms with Crippen LogP contribution in [0, 0.1) is 6.92 Å². The maximum Gasteiger partial charge on any atom is 0.254 e. The average Bonchev–Trinajstić information content (AvgIpc) is 3.26. The van der Waals surface area contributed by atoms with Gasteiger partial charge in [-0.2, -0.15) is 5.10 Å². The first kappa shape index (κ1) is 26.2. The van der Waals surface area contributed by atoms with Crippen molar-refractivity contribution >= 4 is 17.6 Å². The van der Waals surface area contributed by atoms with Crippen molar-refractivity contribution in [1.29, 1.82) is 0 Å². The maximum absolute atomic E-state index is 13.2. The Morgan fingerprint density at radius 3 is 2.29 bits per heavy atom. The van der Waals surface area contributed by atoms with E-state index in [1.807, 2.05) is 49.4 Å². The van der Waals surface area contributed by atoms with Gasteiger partial charge in [0.25, 0.3) is 5.91 Å². The van der Waals surface area contributed by atoms with Gasteiger partial charge in [-0.25, -0.2) is 4.68 Å². The molecule has 0 spiro atoms. The fourth-order valence-corrected chi connectivity index (χ4v) is 3.59. The minimum Gasteiger partial charge on any atom is -0.383 e. The number of carbonyl (C=O) groups is 2. The first-order valence-electron chi connectivity index (χ1n) is 12.0. The summed E-state index contributed by atoms with van der Waals surface area (Å²) in [5.41, 5.74) is 4.36. The largest absolute Gasteiger partial charge is 0.383 e. The molecule has 2 aromatic carbocycles. The van der Waals surface area contributed by atoms with Gasteiger partial charge in [0.1, 0.15) is 12.4 Å². The Bertz CT molecular complexity index is 1140. The topological polar surface area (TPSA) is 76.5 Å². The van der Waals surface area contributed by atoms with E-state index in [0.717, 1.165) is 28.9 Å². The highest BCUT2D eigenvalue weighted by Crippen LogP contribution is 2.26. The lowest BCUT2D eigenvalue weighted by atomic mass is 9.92. The Kier molecular flexibility index (Phi) is 8.46. The number of anilines is 1. The molecule has 1 heterocycles. The zero-order chi connectivity index (χ0) is 25.6. The van der Waals surface area contributed by atoms with Gasteiger partial charge < -0.3 is 15.0 Å². The van der Waals surface area contributed by atoms with Gasteiger partial charge in [0.2, 0.25) is 5.91 Å². The first-order chi connectivity index (χ1) is 16.6. The smallest absolute Gasteiger partial charge is 0.254 e. The maximum atomic E-state index is 13.2. The molecule has 0 saturated carbocycles. The Labute approximate surface area is 208 Å². The summed E-state index contributed by atoms with van der Waals surface area (Å²) in [6.45, 7) is 10.9. The van der Waals surface area contributed by atoms with E-state index in [1.54, 1.807) is 23.9 Å². The van der Waals surface area contributed by atoms with Crippen molar-refractivity contribution < 1.29 is 14.3 Å². The average molecular weight is 477 g/mol. The highest BCUT2D eigenvalue weighted by atomic mass is 16.5. The van der Waals surface area contributed by atoms with E-state index >= 15 is 0 Å². The highest BCUT2D eigenvalue weighted by Gasteiger charge is 2.23. The zero-order valence-corrected chi connectivity index (χ0v) is 21.6. The SMILES string of the molecule is CCc1ccc(C(=O)N(CCOC)CC(=O)Nc2cc(C(C)(C)C)nn2-c2ccc(C)cc2)cc1. The number of hydrogen-bond acceptors (Lipinski definition) is 4. The molecule has 3 rings (SSSR count). The molecule has 2 amide bonds. The molecule has 0 aliphatic heterocycles. The summed E-state index contributed by atoms with van der Waals surface area (Å²) < 4.78 is 6.92. The lowest BCUT2D eigenvalue weighted by Gasteiger charge is -2.22. The van der Waals surface area contributed by atoms with Crippen molar-refractivity contribution in [2.75, 3.05) is 32.1 Å². The molecule has 0 radical (unpaired) electrons. The molecule has 35 heavy (non-hydrogen) atoms. The molecule has 0 unspecified atom stereocenters. The van der Waals surface area contributed by atoms with Crippen LogP contribution in [0.5, 0.6) is 0 Å². The van der Waals surface area contributed by atoms with Crippen molar-refractivity contribution in [1.82, 2.24) is 14.7 Å². The molecule has 3 aromatic rings. The van der Waals surface area contributed by atoms with Crippen molar-refractivity contribution in [3.05, 3.63) is 77.0 Å². The number of ether oxygens (including phenoxy) is 1. The molecule has 0 aliphatic rings. The van der Waals surface area contributed by atoms with Crippen LogP contribution in [0.4, 0.5) is 5.82 Å². The van der Waals surface area contributed by atoms with Gasteiger partial charge in [0.05, 0.1) is 18.0 Å². The fraction of sp³-hybridized carbons (Fsp3) is 0.393. The molecule has 0 fully saturated rings. The molecule has 0 aliphatic carbocycles. The number of aromatic nitrogens is 2. The molecular weight excluding hydrogens is 440 g/mol. The van der Waals surface area contributed by atoms with E-state index < -0.39 is 0 Å². The van der Waals surface area contributed by atoms with Crippen molar-refractivity contribution in [3.63, 3.8) is 0 Å². The van der Waals surface area contributed by atoms with Crippen LogP contribution in [0.25, 0.3) is 5.69 Å². The van der Waals surface area contributed by atoms with Gasteiger partial charge in [0.15, 0.2) is 0 Å². The van der Waals surface area contributed by atoms with Crippen LogP contribution in [-0.2, 0) is 21.4 Å². The third kappa shape index (κ3) is 6.79. The molecule has 7 nitrogen and oxygen atoms in total. The second kappa shape index (κ2) is 11.3. The standard InChI is InChI=1S/C28H36N4O3/c1-7-21-10-12-22(13-11-21)27(34)31(16-17-35-6)19-26(33)29-25-18-24(28(3,4)5)30-32(25)23-14-8-20(2)9-15-23/h8-15,18H,7,16-17,19H2,1-6H3,(H,29,33). The van der Waals surface area contributed by atoms with Crippen molar-refractivity contribution in [2.24, 2.45) is 0 Å². The van der Waals surface area contributed by atoms with Crippen LogP contribution >= 0.6 is 0 Å². The summed E-state index contributed by atoms with van der Waals surface area (Å²) in [4.78, 5) is 27.8. The van der Waals surface area contributed by atoms with Gasteiger partial charge in [-0.05, 0) is 43.2 Å². The van der Waals surface area contributed by atoms with Crippen molar-refractivity contribution in [3.8, 4) is 5.69 Å². The Morgan fingerprint density at radius 1 is 1.06 bits per heavy atom. The third-order valence-corrected chi connectivity index (χ3v) is 5.82. The number of benzene rings is 2. The molecule has 0 saturated heterocycles. The number of nitrogens with one attached hydrogen (secondary N) is 1. The van der Waals surface area contributed by atoms with Gasteiger partial charge >= 0.3 is 0 Å². The number of carbonyl (C=O) groups excluding carboxylic acids is 2. The lowest BCUT2D eigenvalue weighted by Crippen LogP contribution is -2.40. The van der Waals surface area contributed by atoms with Crippen molar-refractivity contribution in [2.45, 2.75) is 46.5 Å². The number of rotatable bonds is 9. The Morgan fingerprint density at radius 2 is 1.71 bits per heavy atom. The quantitative estimate of drug-likeness (QED) is 0.483. The van der Waals surface area contributed by atoms with E-state index in [-0.39, 0.29) is 23.8 Å². The number of aryl methyl sites for hydroxylation is 2. The predicted molar refractivity (Wildman–Crippen MR) is 139 cm³/mol. The molecule has 0 bridgehead atoms. The highest BCUT2D eigenvalue weighted by molar-refractivity contribution is 5.99. The van der Waals surface area contributed by atoms with E-state index in [0.29, 0.717) is 24.5 Å².